The van der Waals surface area contributed by atoms with Crippen molar-refractivity contribution in [2.24, 2.45) is 0 Å². The number of amides is 1. The molecule has 0 aliphatic carbocycles. The number of nitrogens with one attached hydrogen (secondary N) is 1. The van der Waals surface area contributed by atoms with E-state index in [4.69, 9.17) is 0 Å². The highest BCUT2D eigenvalue weighted by Crippen LogP contribution is 2.25. The Morgan fingerprint density at radius 1 is 1.14 bits per heavy atom. The third-order valence-corrected chi connectivity index (χ3v) is 4.03. The van der Waals surface area contributed by atoms with Crippen molar-refractivity contribution in [3.8, 4) is 0 Å². The van der Waals surface area contributed by atoms with E-state index in [0.29, 0.717) is 11.6 Å². The van der Waals surface area contributed by atoms with Crippen molar-refractivity contribution in [2.75, 3.05) is 11.1 Å². The number of rotatable bonds is 4. The monoisotopic (exact) mass is 300 g/mol. The van der Waals surface area contributed by atoms with Gasteiger partial charge in [0.2, 0.25) is 5.91 Å². The Hall–Kier alpha value is -1.81. The van der Waals surface area contributed by atoms with Crippen LogP contribution in [0.1, 0.15) is 26.3 Å². The summed E-state index contributed by atoms with van der Waals surface area (Å²) in [7, 11) is 0. The molecule has 0 atom stereocenters. The zero-order chi connectivity index (χ0) is 15.3. The van der Waals surface area contributed by atoms with Gasteiger partial charge in [-0.05, 0) is 35.2 Å². The van der Waals surface area contributed by atoms with E-state index >= 15 is 0 Å². The first-order valence-corrected chi connectivity index (χ1v) is 7.88. The second kappa shape index (κ2) is 6.76. The van der Waals surface area contributed by atoms with Crippen LogP contribution in [0.5, 0.6) is 0 Å². The van der Waals surface area contributed by atoms with Crippen molar-refractivity contribution in [1.29, 1.82) is 0 Å². The van der Waals surface area contributed by atoms with E-state index in [0.717, 1.165) is 4.90 Å². The minimum absolute atomic E-state index is 0.0430. The fraction of sp³-hybridized carbons (Fsp3) is 0.294. The Morgan fingerprint density at radius 2 is 1.86 bits per heavy atom. The maximum absolute atomic E-state index is 11.8. The van der Waals surface area contributed by atoms with Crippen LogP contribution in [0, 0.1) is 0 Å². The summed E-state index contributed by atoms with van der Waals surface area (Å²) >= 11 is 1.53. The number of carbonyl (C=O) groups is 1. The largest absolute Gasteiger partial charge is 0.310 e. The van der Waals surface area contributed by atoms with Crippen LogP contribution in [0.4, 0.5) is 5.82 Å². The number of hydrogen-bond donors (Lipinski definition) is 1. The summed E-state index contributed by atoms with van der Waals surface area (Å²) < 4.78 is 0. The number of benzene rings is 1. The summed E-state index contributed by atoms with van der Waals surface area (Å²) in [5.41, 5.74) is 1.45. The Bertz CT molecular complexity index is 588. The van der Waals surface area contributed by atoms with Gasteiger partial charge in [-0.3, -0.25) is 4.79 Å². The van der Waals surface area contributed by atoms with Crippen molar-refractivity contribution < 1.29 is 4.79 Å². The number of hydrogen-bond acceptors (Lipinski definition) is 3. The van der Waals surface area contributed by atoms with Crippen LogP contribution in [0.3, 0.4) is 0 Å². The summed E-state index contributed by atoms with van der Waals surface area (Å²) in [6, 6.07) is 13.8. The van der Waals surface area contributed by atoms with Gasteiger partial charge in [0.15, 0.2) is 0 Å². The van der Waals surface area contributed by atoms with Gasteiger partial charge in [-0.1, -0.05) is 39.0 Å². The fourth-order valence-electron chi connectivity index (χ4n) is 1.82. The SMILES string of the molecule is CC(C)(C)c1ccc(SCC(=O)Nc2ccccn2)cc1. The molecule has 2 rings (SSSR count). The molecule has 1 amide bonds. The Kier molecular flexibility index (Phi) is 5.02. The van der Waals surface area contributed by atoms with Crippen LogP contribution in [-0.2, 0) is 10.2 Å². The minimum Gasteiger partial charge on any atom is -0.310 e. The van der Waals surface area contributed by atoms with Gasteiger partial charge in [0.1, 0.15) is 5.82 Å². The molecule has 0 bridgehead atoms. The van der Waals surface area contributed by atoms with Gasteiger partial charge in [0.25, 0.3) is 0 Å². The van der Waals surface area contributed by atoms with Crippen LogP contribution in [-0.4, -0.2) is 16.6 Å². The third kappa shape index (κ3) is 4.90. The first-order chi connectivity index (χ1) is 9.95. The van der Waals surface area contributed by atoms with Crippen LogP contribution >= 0.6 is 11.8 Å². The van der Waals surface area contributed by atoms with Gasteiger partial charge >= 0.3 is 0 Å². The first kappa shape index (κ1) is 15.6. The Balaban J connectivity index is 1.87. The molecule has 1 aromatic heterocycles. The van der Waals surface area contributed by atoms with Crippen LogP contribution in [0.2, 0.25) is 0 Å². The summed E-state index contributed by atoms with van der Waals surface area (Å²) in [6.45, 7) is 6.57. The van der Waals surface area contributed by atoms with Crippen molar-refractivity contribution in [1.82, 2.24) is 4.98 Å². The predicted molar refractivity (Wildman–Crippen MR) is 88.7 cm³/mol. The molecule has 0 fully saturated rings. The van der Waals surface area contributed by atoms with Gasteiger partial charge in [-0.15, -0.1) is 11.8 Å². The Morgan fingerprint density at radius 3 is 2.43 bits per heavy atom. The maximum Gasteiger partial charge on any atom is 0.235 e. The van der Waals surface area contributed by atoms with Gasteiger partial charge < -0.3 is 5.32 Å². The highest BCUT2D eigenvalue weighted by Gasteiger charge is 2.13. The summed E-state index contributed by atoms with van der Waals surface area (Å²) in [6.07, 6.45) is 1.66. The number of carbonyl (C=O) groups excluding carboxylic acids is 1. The zero-order valence-corrected chi connectivity index (χ0v) is 13.4. The minimum atomic E-state index is -0.0430. The summed E-state index contributed by atoms with van der Waals surface area (Å²) in [5.74, 6) is 0.926. The van der Waals surface area contributed by atoms with Crippen molar-refractivity contribution in [3.63, 3.8) is 0 Å². The molecule has 0 aliphatic heterocycles. The lowest BCUT2D eigenvalue weighted by atomic mass is 9.87. The molecule has 1 heterocycles. The highest BCUT2D eigenvalue weighted by molar-refractivity contribution is 8.00. The quantitative estimate of drug-likeness (QED) is 0.864. The molecule has 0 radical (unpaired) electrons. The third-order valence-electron chi connectivity index (χ3n) is 3.02. The molecule has 2 aromatic rings. The molecule has 3 nitrogen and oxygen atoms in total. The first-order valence-electron chi connectivity index (χ1n) is 6.89. The van der Waals surface area contributed by atoms with Crippen molar-refractivity contribution in [3.05, 3.63) is 54.2 Å². The molecule has 0 saturated carbocycles. The van der Waals surface area contributed by atoms with Crippen molar-refractivity contribution >= 4 is 23.5 Å². The molecule has 0 unspecified atom stereocenters. The van der Waals surface area contributed by atoms with Crippen LogP contribution in [0.15, 0.2) is 53.6 Å². The average molecular weight is 300 g/mol. The fourth-order valence-corrected chi connectivity index (χ4v) is 2.51. The van der Waals surface area contributed by atoms with Crippen molar-refractivity contribution in [2.45, 2.75) is 31.1 Å². The molecule has 21 heavy (non-hydrogen) atoms. The van der Waals surface area contributed by atoms with E-state index in [1.807, 2.05) is 12.1 Å². The van der Waals surface area contributed by atoms with Crippen LogP contribution in [0.25, 0.3) is 0 Å². The standard InChI is InChI=1S/C17H20N2OS/c1-17(2,3)13-7-9-14(10-8-13)21-12-16(20)19-15-6-4-5-11-18-15/h4-11H,12H2,1-3H3,(H,18,19,20). The van der Waals surface area contributed by atoms with E-state index in [9.17, 15) is 4.79 Å². The van der Waals surface area contributed by atoms with Gasteiger partial charge in [-0.2, -0.15) is 0 Å². The lowest BCUT2D eigenvalue weighted by molar-refractivity contribution is -0.113. The molecule has 110 valence electrons. The lowest BCUT2D eigenvalue weighted by Crippen LogP contribution is -2.14. The summed E-state index contributed by atoms with van der Waals surface area (Å²) in [5, 5.41) is 2.78. The van der Waals surface area contributed by atoms with Gasteiger partial charge in [0.05, 0.1) is 5.75 Å². The lowest BCUT2D eigenvalue weighted by Gasteiger charge is -2.19. The average Bonchev–Trinajstić information content (AvgIpc) is 2.46. The highest BCUT2D eigenvalue weighted by atomic mass is 32.2. The number of nitrogens with zero attached hydrogens (tertiary/aromatic N) is 1. The van der Waals surface area contributed by atoms with Crippen LogP contribution < -0.4 is 5.32 Å². The van der Waals surface area contributed by atoms with E-state index in [-0.39, 0.29) is 11.3 Å². The molecule has 0 spiro atoms. The zero-order valence-electron chi connectivity index (χ0n) is 12.6. The van der Waals surface area contributed by atoms with Gasteiger partial charge in [0, 0.05) is 11.1 Å². The number of thioether (sulfide) groups is 1. The van der Waals surface area contributed by atoms with E-state index in [1.165, 1.54) is 17.3 Å². The number of aromatic nitrogens is 1. The molecule has 1 aromatic carbocycles. The second-order valence-electron chi connectivity index (χ2n) is 5.83. The Labute approximate surface area is 130 Å². The number of anilines is 1. The van der Waals surface area contributed by atoms with E-state index < -0.39 is 0 Å². The predicted octanol–water partition coefficient (Wildman–Crippen LogP) is 4.11. The molecular weight excluding hydrogens is 280 g/mol. The molecule has 0 aliphatic rings. The van der Waals surface area contributed by atoms with Gasteiger partial charge in [-0.25, -0.2) is 4.98 Å². The normalized spacial score (nSPS) is 11.2. The topological polar surface area (TPSA) is 42.0 Å². The number of pyridine rings is 1. The molecule has 1 N–H and O–H groups in total. The van der Waals surface area contributed by atoms with E-state index in [1.54, 1.807) is 12.3 Å². The maximum atomic E-state index is 11.8. The molecule has 4 heteroatoms. The summed E-state index contributed by atoms with van der Waals surface area (Å²) in [4.78, 5) is 17.0. The molecule has 0 saturated heterocycles. The molecular formula is C17H20N2OS. The second-order valence-corrected chi connectivity index (χ2v) is 6.87. The van der Waals surface area contributed by atoms with E-state index in [2.05, 4.69) is 55.3 Å². The smallest absolute Gasteiger partial charge is 0.235 e.